The Kier molecular flexibility index (Phi) is 4.99. The summed E-state index contributed by atoms with van der Waals surface area (Å²) >= 11 is 0. The number of carbonyl (C=O) groups excluding carboxylic acids is 1. The molecule has 2 heterocycles. The minimum absolute atomic E-state index is 0.0422. The second-order valence-corrected chi connectivity index (χ2v) is 8.28. The molecule has 8 nitrogen and oxygen atoms in total. The Balaban J connectivity index is 1.87. The summed E-state index contributed by atoms with van der Waals surface area (Å²) in [5, 5.41) is 7.89. The Hall–Kier alpha value is -2.78. The van der Waals surface area contributed by atoms with Gasteiger partial charge in [0.25, 0.3) is 5.91 Å². The predicted molar refractivity (Wildman–Crippen MR) is 103 cm³/mol. The van der Waals surface area contributed by atoms with Crippen molar-refractivity contribution in [3.8, 4) is 0 Å². The molecule has 0 atom stereocenters. The average Bonchev–Trinajstić information content (AvgIpc) is 2.88. The minimum atomic E-state index is -3.67. The van der Waals surface area contributed by atoms with Crippen LogP contribution in [0, 0.1) is 6.92 Å². The van der Waals surface area contributed by atoms with Crippen LogP contribution in [0.5, 0.6) is 0 Å². The number of amides is 1. The van der Waals surface area contributed by atoms with E-state index in [2.05, 4.69) is 20.1 Å². The van der Waals surface area contributed by atoms with Gasteiger partial charge in [-0.05, 0) is 45.0 Å². The molecule has 0 fully saturated rings. The number of fused-ring (bicyclic) bond motifs is 1. The van der Waals surface area contributed by atoms with Crippen LogP contribution in [-0.4, -0.2) is 35.1 Å². The molecule has 0 radical (unpaired) electrons. The molecule has 27 heavy (non-hydrogen) atoms. The number of nitrogens with zero attached hydrogens (tertiary/aromatic N) is 3. The highest BCUT2D eigenvalue weighted by Crippen LogP contribution is 2.20. The minimum Gasteiger partial charge on any atom is -0.321 e. The number of sulfonamides is 1. The van der Waals surface area contributed by atoms with Gasteiger partial charge in [-0.2, -0.15) is 5.10 Å². The highest BCUT2D eigenvalue weighted by Gasteiger charge is 2.17. The van der Waals surface area contributed by atoms with E-state index < -0.39 is 15.9 Å². The van der Waals surface area contributed by atoms with E-state index in [1.165, 1.54) is 18.2 Å². The topological polar surface area (TPSA) is 106 Å². The molecule has 2 N–H and O–H groups in total. The number of benzene rings is 1. The maximum absolute atomic E-state index is 12.6. The summed E-state index contributed by atoms with van der Waals surface area (Å²) in [6, 6.07) is 7.45. The Morgan fingerprint density at radius 1 is 1.22 bits per heavy atom. The summed E-state index contributed by atoms with van der Waals surface area (Å²) < 4.78 is 28.8. The van der Waals surface area contributed by atoms with Crippen molar-refractivity contribution < 1.29 is 13.2 Å². The summed E-state index contributed by atoms with van der Waals surface area (Å²) in [6.45, 7) is 5.33. The van der Waals surface area contributed by atoms with E-state index in [4.69, 9.17) is 0 Å². The van der Waals surface area contributed by atoms with E-state index in [0.29, 0.717) is 5.69 Å². The molecule has 1 aromatic carbocycles. The van der Waals surface area contributed by atoms with Crippen LogP contribution >= 0.6 is 0 Å². The van der Waals surface area contributed by atoms with Crippen molar-refractivity contribution in [2.24, 2.45) is 7.05 Å². The fourth-order valence-corrected chi connectivity index (χ4v) is 4.06. The normalized spacial score (nSPS) is 11.9. The van der Waals surface area contributed by atoms with Crippen molar-refractivity contribution in [1.82, 2.24) is 19.5 Å². The van der Waals surface area contributed by atoms with Crippen LogP contribution in [0.15, 0.2) is 41.4 Å². The third-order valence-electron chi connectivity index (χ3n) is 3.92. The van der Waals surface area contributed by atoms with E-state index in [-0.39, 0.29) is 16.5 Å². The zero-order valence-electron chi connectivity index (χ0n) is 15.5. The number of carbonyl (C=O) groups is 1. The maximum Gasteiger partial charge on any atom is 0.255 e. The van der Waals surface area contributed by atoms with Gasteiger partial charge in [-0.25, -0.2) is 18.1 Å². The van der Waals surface area contributed by atoms with Crippen LogP contribution in [-0.2, 0) is 17.1 Å². The maximum atomic E-state index is 12.6. The Bertz CT molecular complexity index is 1120. The molecule has 0 unspecified atom stereocenters. The third kappa shape index (κ3) is 3.99. The van der Waals surface area contributed by atoms with Crippen LogP contribution in [0.3, 0.4) is 0 Å². The van der Waals surface area contributed by atoms with Crippen LogP contribution in [0.4, 0.5) is 5.69 Å². The van der Waals surface area contributed by atoms with Crippen LogP contribution in [0.25, 0.3) is 11.0 Å². The molecule has 3 aromatic rings. The van der Waals surface area contributed by atoms with E-state index >= 15 is 0 Å². The van der Waals surface area contributed by atoms with Crippen LogP contribution in [0.2, 0.25) is 0 Å². The fraction of sp³-hybridized carbons (Fsp3) is 0.278. The highest BCUT2D eigenvalue weighted by molar-refractivity contribution is 7.89. The van der Waals surface area contributed by atoms with Gasteiger partial charge in [-0.3, -0.25) is 9.48 Å². The van der Waals surface area contributed by atoms with Gasteiger partial charge in [0, 0.05) is 24.0 Å². The van der Waals surface area contributed by atoms with Gasteiger partial charge in [0.1, 0.15) is 0 Å². The van der Waals surface area contributed by atoms with E-state index in [9.17, 15) is 13.2 Å². The summed E-state index contributed by atoms with van der Waals surface area (Å²) in [6.07, 6.45) is 1.54. The molecule has 142 valence electrons. The van der Waals surface area contributed by atoms with E-state index in [1.807, 2.05) is 6.92 Å². The van der Waals surface area contributed by atoms with Gasteiger partial charge >= 0.3 is 0 Å². The Labute approximate surface area is 157 Å². The lowest BCUT2D eigenvalue weighted by molar-refractivity contribution is 0.102. The number of anilines is 1. The Morgan fingerprint density at radius 2 is 1.96 bits per heavy atom. The smallest absolute Gasteiger partial charge is 0.255 e. The first-order valence-corrected chi connectivity index (χ1v) is 9.89. The van der Waals surface area contributed by atoms with Crippen LogP contribution in [0.1, 0.15) is 29.9 Å². The Morgan fingerprint density at radius 3 is 2.67 bits per heavy atom. The lowest BCUT2D eigenvalue weighted by Crippen LogP contribution is -2.30. The molecule has 0 bridgehead atoms. The predicted octanol–water partition coefficient (Wildman–Crippen LogP) is 2.22. The summed E-state index contributed by atoms with van der Waals surface area (Å²) in [5.74, 6) is -0.417. The van der Waals surface area contributed by atoms with Crippen molar-refractivity contribution in [1.29, 1.82) is 0 Å². The number of aromatic nitrogens is 3. The summed E-state index contributed by atoms with van der Waals surface area (Å²) in [5.41, 5.74) is 2.28. The molecule has 1 amide bonds. The number of hydrogen-bond acceptors (Lipinski definition) is 5. The summed E-state index contributed by atoms with van der Waals surface area (Å²) in [7, 11) is -1.87. The van der Waals surface area contributed by atoms with Crippen molar-refractivity contribution in [3.63, 3.8) is 0 Å². The number of aryl methyl sites for hydroxylation is 2. The first kappa shape index (κ1) is 19.0. The molecule has 9 heteroatoms. The van der Waals surface area contributed by atoms with E-state index in [1.54, 1.807) is 43.9 Å². The molecule has 2 aromatic heterocycles. The van der Waals surface area contributed by atoms with Crippen molar-refractivity contribution in [3.05, 3.63) is 47.8 Å². The molecule has 0 aliphatic heterocycles. The monoisotopic (exact) mass is 387 g/mol. The average molecular weight is 387 g/mol. The standard InChI is InChI=1S/C18H21N5O3S/c1-11(2)22-27(25,26)15-7-5-6-13(8-15)18(24)20-14-9-16-12(3)21-23(4)17(16)19-10-14/h5-11,22H,1-4H3,(H,20,24). The van der Waals surface area contributed by atoms with Gasteiger partial charge in [-0.1, -0.05) is 6.07 Å². The van der Waals surface area contributed by atoms with Crippen molar-refractivity contribution >= 4 is 32.7 Å². The molecule has 0 saturated heterocycles. The summed E-state index contributed by atoms with van der Waals surface area (Å²) in [4.78, 5) is 16.9. The molecule has 0 spiro atoms. The van der Waals surface area contributed by atoms with Gasteiger partial charge in [0.2, 0.25) is 10.0 Å². The van der Waals surface area contributed by atoms with Gasteiger partial charge in [0.05, 0.1) is 22.5 Å². The molecule has 0 saturated carbocycles. The zero-order valence-corrected chi connectivity index (χ0v) is 16.3. The second kappa shape index (κ2) is 7.09. The lowest BCUT2D eigenvalue weighted by atomic mass is 10.2. The van der Waals surface area contributed by atoms with Crippen LogP contribution < -0.4 is 10.0 Å². The molecular weight excluding hydrogens is 366 g/mol. The first-order chi connectivity index (χ1) is 12.7. The number of rotatable bonds is 5. The molecular formula is C18H21N5O3S. The first-order valence-electron chi connectivity index (χ1n) is 8.40. The SMILES string of the molecule is Cc1nn(C)c2ncc(NC(=O)c3cccc(S(=O)(=O)NC(C)C)c3)cc12. The fourth-order valence-electron chi connectivity index (χ4n) is 2.76. The second-order valence-electron chi connectivity index (χ2n) is 6.56. The number of nitrogens with one attached hydrogen (secondary N) is 2. The number of hydrogen-bond donors (Lipinski definition) is 2. The quantitative estimate of drug-likeness (QED) is 0.698. The van der Waals surface area contributed by atoms with Gasteiger partial charge < -0.3 is 5.32 Å². The molecule has 0 aliphatic carbocycles. The number of pyridine rings is 1. The van der Waals surface area contributed by atoms with Gasteiger partial charge in [-0.15, -0.1) is 0 Å². The van der Waals surface area contributed by atoms with Crippen molar-refractivity contribution in [2.75, 3.05) is 5.32 Å². The van der Waals surface area contributed by atoms with Crippen molar-refractivity contribution in [2.45, 2.75) is 31.7 Å². The molecule has 0 aliphatic rings. The van der Waals surface area contributed by atoms with E-state index in [0.717, 1.165) is 16.7 Å². The molecule has 3 rings (SSSR count). The third-order valence-corrected chi connectivity index (χ3v) is 5.57. The lowest BCUT2D eigenvalue weighted by Gasteiger charge is -2.11. The zero-order chi connectivity index (χ0) is 19.8. The van der Waals surface area contributed by atoms with Gasteiger partial charge in [0.15, 0.2) is 5.65 Å². The highest BCUT2D eigenvalue weighted by atomic mass is 32.2. The largest absolute Gasteiger partial charge is 0.321 e.